The molecule has 17 heavy (non-hydrogen) atoms. The van der Waals surface area contributed by atoms with Crippen LogP contribution in [0.1, 0.15) is 19.4 Å². The van der Waals surface area contributed by atoms with Gasteiger partial charge in [-0.1, -0.05) is 17.7 Å². The molecule has 2 atom stereocenters. The number of epoxide rings is 1. The highest BCUT2D eigenvalue weighted by atomic mass is 32.2. The van der Waals surface area contributed by atoms with Crippen molar-refractivity contribution in [1.29, 1.82) is 0 Å². The van der Waals surface area contributed by atoms with Gasteiger partial charge >= 0.3 is 0 Å². The van der Waals surface area contributed by atoms with Gasteiger partial charge in [-0.25, -0.2) is 0 Å². The topological polar surface area (TPSA) is 55.9 Å². The van der Waals surface area contributed by atoms with Crippen molar-refractivity contribution in [2.24, 2.45) is 0 Å². The average molecular weight is 256 g/mol. The maximum atomic E-state index is 11.8. The second-order valence-electron chi connectivity index (χ2n) is 4.60. The van der Waals surface area contributed by atoms with Crippen LogP contribution < -0.4 is 0 Å². The Bertz CT molecular complexity index is 506. The molecule has 94 valence electrons. The van der Waals surface area contributed by atoms with Crippen molar-refractivity contribution in [3.8, 4) is 0 Å². The van der Waals surface area contributed by atoms with E-state index in [0.717, 1.165) is 5.56 Å². The summed E-state index contributed by atoms with van der Waals surface area (Å²) in [5.74, 6) is 0. The normalized spacial score (nSPS) is 28.1. The maximum Gasteiger partial charge on any atom is 0.297 e. The van der Waals surface area contributed by atoms with Crippen molar-refractivity contribution in [3.63, 3.8) is 0 Å². The minimum atomic E-state index is -3.67. The molecular formula is C12H16O4S. The molecule has 1 heterocycles. The predicted molar refractivity (Wildman–Crippen MR) is 63.3 cm³/mol. The minimum absolute atomic E-state index is 0.0516. The zero-order chi connectivity index (χ0) is 12.7. The largest absolute Gasteiger partial charge is 0.364 e. The van der Waals surface area contributed by atoms with Crippen LogP contribution in [0.2, 0.25) is 0 Å². The summed E-state index contributed by atoms with van der Waals surface area (Å²) in [6, 6.07) is 6.58. The first-order valence-corrected chi connectivity index (χ1v) is 6.88. The van der Waals surface area contributed by atoms with Crippen molar-refractivity contribution in [1.82, 2.24) is 0 Å². The van der Waals surface area contributed by atoms with Crippen LogP contribution in [0.3, 0.4) is 0 Å². The first kappa shape index (κ1) is 12.5. The monoisotopic (exact) mass is 256 g/mol. The molecule has 0 spiro atoms. The molecule has 0 unspecified atom stereocenters. The van der Waals surface area contributed by atoms with Crippen LogP contribution >= 0.6 is 0 Å². The zero-order valence-corrected chi connectivity index (χ0v) is 11.0. The highest BCUT2D eigenvalue weighted by Crippen LogP contribution is 2.36. The van der Waals surface area contributed by atoms with Crippen LogP contribution in [0.25, 0.3) is 0 Å². The fourth-order valence-corrected chi connectivity index (χ4v) is 2.48. The molecule has 1 fully saturated rings. The van der Waals surface area contributed by atoms with Gasteiger partial charge in [0.1, 0.15) is 5.60 Å². The summed E-state index contributed by atoms with van der Waals surface area (Å²) in [7, 11) is -3.67. The maximum absolute atomic E-state index is 11.8. The summed E-state index contributed by atoms with van der Waals surface area (Å²) in [5, 5.41) is 0. The van der Waals surface area contributed by atoms with Gasteiger partial charge in [0.05, 0.1) is 17.6 Å². The van der Waals surface area contributed by atoms with Crippen LogP contribution in [0.4, 0.5) is 0 Å². The van der Waals surface area contributed by atoms with Crippen LogP contribution in [-0.2, 0) is 19.0 Å². The van der Waals surface area contributed by atoms with E-state index in [-0.39, 0.29) is 17.6 Å². The molecule has 0 radical (unpaired) electrons. The Kier molecular flexibility index (Phi) is 3.01. The number of hydrogen-bond acceptors (Lipinski definition) is 4. The summed E-state index contributed by atoms with van der Waals surface area (Å²) in [6.07, 6.45) is 0.0516. The molecule has 0 aromatic heterocycles. The lowest BCUT2D eigenvalue weighted by Crippen LogP contribution is -2.20. The molecule has 0 aliphatic carbocycles. The minimum Gasteiger partial charge on any atom is -0.364 e. The first-order valence-electron chi connectivity index (χ1n) is 5.47. The number of benzene rings is 1. The van der Waals surface area contributed by atoms with Crippen LogP contribution in [0.15, 0.2) is 29.2 Å². The Morgan fingerprint density at radius 3 is 2.35 bits per heavy atom. The third-order valence-electron chi connectivity index (χ3n) is 3.06. The Morgan fingerprint density at radius 1 is 1.35 bits per heavy atom. The molecule has 0 saturated carbocycles. The van der Waals surface area contributed by atoms with E-state index in [1.165, 1.54) is 0 Å². The third kappa shape index (κ3) is 2.68. The predicted octanol–water partition coefficient (Wildman–Crippen LogP) is 1.88. The van der Waals surface area contributed by atoms with Gasteiger partial charge in [-0.15, -0.1) is 0 Å². The van der Waals surface area contributed by atoms with Gasteiger partial charge in [-0.2, -0.15) is 8.42 Å². The SMILES string of the molecule is Cc1ccc(S(=O)(=O)OC[C@@]2(C)O[C@H]2C)cc1. The Hall–Kier alpha value is -0.910. The van der Waals surface area contributed by atoms with Gasteiger partial charge in [-0.05, 0) is 32.9 Å². The standard InChI is InChI=1S/C12H16O4S/c1-9-4-6-11(7-5-9)17(13,14)15-8-12(3)10(2)16-12/h4-7,10H,8H2,1-3H3/t10-,12+/m0/s1. The smallest absolute Gasteiger partial charge is 0.297 e. The van der Waals surface area contributed by atoms with E-state index in [0.29, 0.717) is 0 Å². The lowest BCUT2D eigenvalue weighted by atomic mass is 10.1. The molecule has 1 aromatic rings. The highest BCUT2D eigenvalue weighted by molar-refractivity contribution is 7.86. The van der Waals surface area contributed by atoms with E-state index in [4.69, 9.17) is 8.92 Å². The Labute approximate surface area is 102 Å². The highest BCUT2D eigenvalue weighted by Gasteiger charge is 2.50. The van der Waals surface area contributed by atoms with Crippen LogP contribution in [-0.4, -0.2) is 26.7 Å². The van der Waals surface area contributed by atoms with Crippen molar-refractivity contribution in [2.45, 2.75) is 37.4 Å². The molecule has 0 bridgehead atoms. The van der Waals surface area contributed by atoms with Gasteiger partial charge in [-0.3, -0.25) is 4.18 Å². The van der Waals surface area contributed by atoms with Crippen molar-refractivity contribution in [3.05, 3.63) is 29.8 Å². The van der Waals surface area contributed by atoms with Gasteiger partial charge in [0.25, 0.3) is 10.1 Å². The molecule has 4 nitrogen and oxygen atoms in total. The molecule has 2 rings (SSSR count). The summed E-state index contributed by atoms with van der Waals surface area (Å²) in [6.45, 7) is 5.69. The average Bonchev–Trinajstić information content (AvgIpc) is 2.86. The van der Waals surface area contributed by atoms with E-state index >= 15 is 0 Å². The second-order valence-corrected chi connectivity index (χ2v) is 6.22. The fourth-order valence-electron chi connectivity index (χ4n) is 1.49. The zero-order valence-electron chi connectivity index (χ0n) is 10.1. The quantitative estimate of drug-likeness (QED) is 0.609. The van der Waals surface area contributed by atoms with E-state index in [2.05, 4.69) is 0 Å². The molecule has 5 heteroatoms. The van der Waals surface area contributed by atoms with Gasteiger partial charge in [0.2, 0.25) is 0 Å². The molecule has 1 aliphatic heterocycles. The Balaban J connectivity index is 2.06. The van der Waals surface area contributed by atoms with Crippen molar-refractivity contribution >= 4 is 10.1 Å². The van der Waals surface area contributed by atoms with E-state index in [9.17, 15) is 8.42 Å². The molecule has 1 aromatic carbocycles. The van der Waals surface area contributed by atoms with Crippen molar-refractivity contribution in [2.75, 3.05) is 6.61 Å². The molecule has 0 amide bonds. The molecule has 0 N–H and O–H groups in total. The number of hydrogen-bond donors (Lipinski definition) is 0. The molecule has 1 saturated heterocycles. The van der Waals surface area contributed by atoms with Crippen LogP contribution in [0.5, 0.6) is 0 Å². The summed E-state index contributed by atoms with van der Waals surface area (Å²) < 4.78 is 34.0. The lowest BCUT2D eigenvalue weighted by Gasteiger charge is -2.08. The van der Waals surface area contributed by atoms with E-state index in [1.54, 1.807) is 24.3 Å². The first-order chi connectivity index (χ1) is 7.83. The second kappa shape index (κ2) is 4.08. The number of rotatable bonds is 4. The van der Waals surface area contributed by atoms with Crippen molar-refractivity contribution < 1.29 is 17.3 Å². The molecular weight excluding hydrogens is 240 g/mol. The van der Waals surface area contributed by atoms with Gasteiger partial charge in [0, 0.05) is 0 Å². The number of aryl methyl sites for hydroxylation is 1. The number of ether oxygens (including phenoxy) is 1. The Morgan fingerprint density at radius 2 is 1.88 bits per heavy atom. The summed E-state index contributed by atoms with van der Waals surface area (Å²) >= 11 is 0. The molecule has 1 aliphatic rings. The lowest BCUT2D eigenvalue weighted by molar-refractivity contribution is 0.206. The fraction of sp³-hybridized carbons (Fsp3) is 0.500. The summed E-state index contributed by atoms with van der Waals surface area (Å²) in [4.78, 5) is 0.181. The van der Waals surface area contributed by atoms with Gasteiger partial charge in [0.15, 0.2) is 0 Å². The van der Waals surface area contributed by atoms with E-state index in [1.807, 2.05) is 20.8 Å². The van der Waals surface area contributed by atoms with Crippen LogP contribution in [0, 0.1) is 6.92 Å². The third-order valence-corrected chi connectivity index (χ3v) is 4.34. The van der Waals surface area contributed by atoms with E-state index < -0.39 is 15.7 Å². The van der Waals surface area contributed by atoms with Gasteiger partial charge < -0.3 is 4.74 Å². The summed E-state index contributed by atoms with van der Waals surface area (Å²) in [5.41, 5.74) is 0.549.